The summed E-state index contributed by atoms with van der Waals surface area (Å²) in [6, 6.07) is 0. The lowest BCUT2D eigenvalue weighted by Gasteiger charge is -2.25. The Labute approximate surface area is 122 Å². The molecule has 0 N–H and O–H groups in total. The van der Waals surface area contributed by atoms with Gasteiger partial charge in [-0.2, -0.15) is 0 Å². The van der Waals surface area contributed by atoms with Gasteiger partial charge in [0.05, 0.1) is 0 Å². The molecule has 0 aromatic rings. The van der Waals surface area contributed by atoms with Gasteiger partial charge >= 0.3 is 0 Å². The van der Waals surface area contributed by atoms with E-state index in [1.54, 1.807) is 0 Å². The third kappa shape index (κ3) is 12.3. The summed E-state index contributed by atoms with van der Waals surface area (Å²) in [7, 11) is 2.19. The maximum atomic E-state index is 4.22. The molecule has 0 aliphatic rings. The summed E-state index contributed by atoms with van der Waals surface area (Å²) in [6.07, 6.45) is 7.67. The molecule has 0 heterocycles. The molecule has 1 nitrogen and oxygen atoms in total. The summed E-state index contributed by atoms with van der Waals surface area (Å²) in [6.45, 7) is 19.3. The molecule has 0 radical (unpaired) electrons. The molecule has 0 aromatic carbocycles. The molecule has 0 aromatic heterocycles. The third-order valence-corrected chi connectivity index (χ3v) is 3.62. The Morgan fingerprint density at radius 3 is 1.84 bits per heavy atom. The molecule has 0 spiro atoms. The lowest BCUT2D eigenvalue weighted by atomic mass is 9.89. The van der Waals surface area contributed by atoms with E-state index in [2.05, 4.69) is 60.1 Å². The fourth-order valence-corrected chi connectivity index (χ4v) is 2.05. The minimum absolute atomic E-state index is 0.413. The second kappa shape index (κ2) is 7.97. The molecule has 0 fully saturated rings. The highest BCUT2D eigenvalue weighted by Gasteiger charge is 2.12. The molecule has 0 bridgehead atoms. The molecule has 0 rings (SSSR count). The van der Waals surface area contributed by atoms with E-state index in [9.17, 15) is 0 Å². The molecule has 0 saturated carbocycles. The van der Waals surface area contributed by atoms with Crippen LogP contribution in [0.3, 0.4) is 0 Å². The smallest absolute Gasteiger partial charge is 0.0171 e. The highest BCUT2D eigenvalue weighted by atomic mass is 15.1. The van der Waals surface area contributed by atoms with Gasteiger partial charge in [-0.25, -0.2) is 0 Å². The van der Waals surface area contributed by atoms with Crippen molar-refractivity contribution in [1.82, 2.24) is 4.90 Å². The van der Waals surface area contributed by atoms with Gasteiger partial charge < -0.3 is 4.90 Å². The Balaban J connectivity index is 3.69. The lowest BCUT2D eigenvalue weighted by Crippen LogP contribution is -2.19. The van der Waals surface area contributed by atoms with E-state index in [0.29, 0.717) is 10.8 Å². The molecule has 0 atom stereocenters. The van der Waals surface area contributed by atoms with Gasteiger partial charge in [0, 0.05) is 19.3 Å². The fraction of sp³-hybridized carbons (Fsp3) is 0.889. The number of allylic oxidation sites excluding steroid dienone is 1. The second-order valence-electron chi connectivity index (χ2n) is 8.42. The van der Waals surface area contributed by atoms with Crippen molar-refractivity contribution < 1.29 is 0 Å². The molecular weight excluding hydrogens is 230 g/mol. The Bertz CT molecular complexity index is 252. The van der Waals surface area contributed by atoms with Gasteiger partial charge in [0.2, 0.25) is 0 Å². The molecule has 1 heteroatoms. The maximum Gasteiger partial charge on any atom is 0.0171 e. The van der Waals surface area contributed by atoms with Crippen LogP contribution in [0.25, 0.3) is 0 Å². The van der Waals surface area contributed by atoms with Gasteiger partial charge in [-0.15, -0.1) is 0 Å². The van der Waals surface area contributed by atoms with Crippen molar-refractivity contribution in [2.45, 2.75) is 80.1 Å². The number of nitrogens with zero attached hydrogens (tertiary/aromatic N) is 1. The summed E-state index contributed by atoms with van der Waals surface area (Å²) >= 11 is 0. The standard InChI is InChI=1S/C18H37N/c1-16(12-14-18(5,6)7)19(8)15-11-9-10-13-17(2,3)4/h1,9-15H2,2-8H3. The Hall–Kier alpha value is -0.460. The van der Waals surface area contributed by atoms with E-state index in [-0.39, 0.29) is 0 Å². The topological polar surface area (TPSA) is 3.24 Å². The van der Waals surface area contributed by atoms with E-state index in [0.717, 1.165) is 13.0 Å². The monoisotopic (exact) mass is 267 g/mol. The predicted molar refractivity (Wildman–Crippen MR) is 88.4 cm³/mol. The van der Waals surface area contributed by atoms with E-state index >= 15 is 0 Å². The number of hydrogen-bond donors (Lipinski definition) is 0. The Morgan fingerprint density at radius 1 is 0.842 bits per heavy atom. The van der Waals surface area contributed by atoms with Gasteiger partial charge in [0.25, 0.3) is 0 Å². The zero-order valence-corrected chi connectivity index (χ0v) is 14.6. The average molecular weight is 268 g/mol. The maximum absolute atomic E-state index is 4.22. The molecule has 19 heavy (non-hydrogen) atoms. The van der Waals surface area contributed by atoms with Gasteiger partial charge in [-0.3, -0.25) is 0 Å². The normalized spacial score (nSPS) is 12.6. The fourth-order valence-electron chi connectivity index (χ4n) is 2.05. The van der Waals surface area contributed by atoms with Crippen LogP contribution in [0.15, 0.2) is 12.3 Å². The minimum Gasteiger partial charge on any atom is -0.378 e. The van der Waals surface area contributed by atoms with Crippen molar-refractivity contribution in [2.24, 2.45) is 10.8 Å². The van der Waals surface area contributed by atoms with Crippen molar-refractivity contribution in [2.75, 3.05) is 13.6 Å². The average Bonchev–Trinajstić information content (AvgIpc) is 2.22. The van der Waals surface area contributed by atoms with Gasteiger partial charge in [0.15, 0.2) is 0 Å². The summed E-state index contributed by atoms with van der Waals surface area (Å²) in [5.41, 5.74) is 2.20. The zero-order chi connectivity index (χ0) is 15.1. The second-order valence-corrected chi connectivity index (χ2v) is 8.42. The summed E-state index contributed by atoms with van der Waals surface area (Å²) in [5, 5.41) is 0. The van der Waals surface area contributed by atoms with Gasteiger partial charge in [-0.05, 0) is 36.5 Å². The Kier molecular flexibility index (Phi) is 7.78. The van der Waals surface area contributed by atoms with Gasteiger partial charge in [0.1, 0.15) is 0 Å². The lowest BCUT2D eigenvalue weighted by molar-refractivity contribution is 0.324. The van der Waals surface area contributed by atoms with Crippen molar-refractivity contribution in [3.05, 3.63) is 12.3 Å². The summed E-state index contributed by atoms with van der Waals surface area (Å²) in [5.74, 6) is 0. The van der Waals surface area contributed by atoms with Crippen LogP contribution in [0.5, 0.6) is 0 Å². The number of rotatable bonds is 8. The third-order valence-electron chi connectivity index (χ3n) is 3.62. The van der Waals surface area contributed by atoms with Crippen LogP contribution in [0, 0.1) is 10.8 Å². The van der Waals surface area contributed by atoms with Crippen LogP contribution in [0.4, 0.5) is 0 Å². The van der Waals surface area contributed by atoms with Crippen molar-refractivity contribution in [3.8, 4) is 0 Å². The van der Waals surface area contributed by atoms with Crippen molar-refractivity contribution in [3.63, 3.8) is 0 Å². The molecule has 0 aliphatic carbocycles. The molecule has 0 amide bonds. The zero-order valence-electron chi connectivity index (χ0n) is 14.6. The van der Waals surface area contributed by atoms with Gasteiger partial charge in [-0.1, -0.05) is 61.0 Å². The predicted octanol–water partition coefficient (Wildman–Crippen LogP) is 5.86. The first-order valence-corrected chi connectivity index (χ1v) is 7.90. The highest BCUT2D eigenvalue weighted by Crippen LogP contribution is 2.24. The van der Waals surface area contributed by atoms with Crippen LogP contribution < -0.4 is 0 Å². The first kappa shape index (κ1) is 18.5. The van der Waals surface area contributed by atoms with E-state index in [1.807, 2.05) is 0 Å². The SMILES string of the molecule is C=C(CCC(C)(C)C)N(C)CCCCCC(C)(C)C. The molecular formula is C18H37N. The van der Waals surface area contributed by atoms with Crippen molar-refractivity contribution >= 4 is 0 Å². The van der Waals surface area contributed by atoms with Crippen molar-refractivity contribution in [1.29, 1.82) is 0 Å². The van der Waals surface area contributed by atoms with Crippen LogP contribution in [0.2, 0.25) is 0 Å². The van der Waals surface area contributed by atoms with E-state index in [4.69, 9.17) is 0 Å². The van der Waals surface area contributed by atoms with Crippen LogP contribution in [0.1, 0.15) is 80.1 Å². The molecule has 0 saturated heterocycles. The first-order chi connectivity index (χ1) is 8.51. The molecule has 0 aliphatic heterocycles. The van der Waals surface area contributed by atoms with Crippen LogP contribution in [-0.4, -0.2) is 18.5 Å². The largest absolute Gasteiger partial charge is 0.378 e. The number of hydrogen-bond acceptors (Lipinski definition) is 1. The Morgan fingerprint density at radius 2 is 1.37 bits per heavy atom. The van der Waals surface area contributed by atoms with Crippen LogP contribution >= 0.6 is 0 Å². The van der Waals surface area contributed by atoms with E-state index in [1.165, 1.54) is 37.8 Å². The summed E-state index contributed by atoms with van der Waals surface area (Å²) in [4.78, 5) is 2.35. The quantitative estimate of drug-likeness (QED) is 0.497. The molecule has 114 valence electrons. The minimum atomic E-state index is 0.413. The summed E-state index contributed by atoms with van der Waals surface area (Å²) < 4.78 is 0. The first-order valence-electron chi connectivity index (χ1n) is 7.90. The van der Waals surface area contributed by atoms with Crippen LogP contribution in [-0.2, 0) is 0 Å². The highest BCUT2D eigenvalue weighted by molar-refractivity contribution is 4.93. The number of unbranched alkanes of at least 4 members (excludes halogenated alkanes) is 2. The van der Waals surface area contributed by atoms with E-state index < -0.39 is 0 Å². The molecule has 0 unspecified atom stereocenters.